The molecule has 0 bridgehead atoms. The van der Waals surface area contributed by atoms with Crippen LogP contribution in [0.2, 0.25) is 0 Å². The van der Waals surface area contributed by atoms with Crippen molar-refractivity contribution in [2.75, 3.05) is 0 Å². The molecule has 136 valence electrons. The van der Waals surface area contributed by atoms with Crippen molar-refractivity contribution in [2.45, 2.75) is 70.4 Å². The summed E-state index contributed by atoms with van der Waals surface area (Å²) >= 11 is 0. The van der Waals surface area contributed by atoms with Gasteiger partial charge in [-0.3, -0.25) is 0 Å². The second-order valence-corrected chi connectivity index (χ2v) is 8.59. The molecule has 1 heterocycles. The summed E-state index contributed by atoms with van der Waals surface area (Å²) in [7, 11) is -3.62. The van der Waals surface area contributed by atoms with E-state index < -0.39 is 10.0 Å². The Balaban J connectivity index is 1.79. The second-order valence-electron chi connectivity index (χ2n) is 6.88. The van der Waals surface area contributed by atoms with Crippen molar-refractivity contribution in [3.63, 3.8) is 0 Å². The van der Waals surface area contributed by atoms with Crippen LogP contribution in [0.25, 0.3) is 0 Å². The minimum atomic E-state index is -3.62. The van der Waals surface area contributed by atoms with E-state index in [1.165, 1.54) is 6.42 Å². The summed E-state index contributed by atoms with van der Waals surface area (Å²) in [5.41, 5.74) is 2.55. The minimum absolute atomic E-state index is 0.0958. The van der Waals surface area contributed by atoms with Crippen LogP contribution in [-0.4, -0.2) is 28.6 Å². The van der Waals surface area contributed by atoms with E-state index in [0.29, 0.717) is 10.7 Å². The van der Waals surface area contributed by atoms with Crippen LogP contribution in [-0.2, 0) is 16.6 Å². The normalized spacial score (nSPS) is 16.3. The van der Waals surface area contributed by atoms with Crippen LogP contribution in [0.5, 0.6) is 0 Å². The summed E-state index contributed by atoms with van der Waals surface area (Å²) in [5, 5.41) is 11.8. The number of hydrogen-bond acceptors (Lipinski definition) is 5. The van der Waals surface area contributed by atoms with Gasteiger partial charge in [0.1, 0.15) is 0 Å². The van der Waals surface area contributed by atoms with Gasteiger partial charge in [0.15, 0.2) is 5.82 Å². The highest BCUT2D eigenvalue weighted by molar-refractivity contribution is 7.89. The fourth-order valence-corrected chi connectivity index (χ4v) is 5.19. The van der Waals surface area contributed by atoms with Crippen molar-refractivity contribution < 1.29 is 8.42 Å². The third-order valence-corrected chi connectivity index (χ3v) is 6.48. The Kier molecular flexibility index (Phi) is 5.19. The molecule has 1 saturated carbocycles. The van der Waals surface area contributed by atoms with Crippen LogP contribution in [0.3, 0.4) is 0 Å². The second kappa shape index (κ2) is 7.21. The molecule has 1 fully saturated rings. The summed E-state index contributed by atoms with van der Waals surface area (Å²) < 4.78 is 30.0. The van der Waals surface area contributed by atoms with Gasteiger partial charge in [-0.1, -0.05) is 37.0 Å². The first-order valence-electron chi connectivity index (χ1n) is 8.73. The summed E-state index contributed by atoms with van der Waals surface area (Å²) in [6.45, 7) is 5.70. The highest BCUT2D eigenvalue weighted by Gasteiger charge is 2.23. The lowest BCUT2D eigenvalue weighted by Gasteiger charge is -2.22. The number of rotatable bonds is 5. The van der Waals surface area contributed by atoms with Crippen molar-refractivity contribution in [3.05, 3.63) is 34.6 Å². The summed E-state index contributed by atoms with van der Waals surface area (Å²) in [5.74, 6) is 0.567. The van der Waals surface area contributed by atoms with Crippen molar-refractivity contribution in [3.8, 4) is 0 Å². The molecule has 0 atom stereocenters. The van der Waals surface area contributed by atoms with E-state index in [4.69, 9.17) is 0 Å². The van der Waals surface area contributed by atoms with Gasteiger partial charge < -0.3 is 0 Å². The molecule has 1 N–H and O–H groups in total. The first-order valence-corrected chi connectivity index (χ1v) is 10.2. The van der Waals surface area contributed by atoms with Gasteiger partial charge in [-0.05, 0) is 55.2 Å². The number of nitrogens with zero attached hydrogens (tertiary/aromatic N) is 4. The molecule has 0 unspecified atom stereocenters. The molecule has 7 nitrogen and oxygen atoms in total. The molecule has 25 heavy (non-hydrogen) atoms. The SMILES string of the molecule is Cc1cc(C)c(S(=O)(=O)NCc2nnnn2C2CCCCC2)c(C)c1. The number of aromatic nitrogens is 4. The van der Waals surface area contributed by atoms with Crippen LogP contribution in [0.4, 0.5) is 0 Å². The minimum Gasteiger partial charge on any atom is -0.225 e. The van der Waals surface area contributed by atoms with Crippen molar-refractivity contribution in [1.29, 1.82) is 0 Å². The average molecular weight is 363 g/mol. The van der Waals surface area contributed by atoms with Crippen LogP contribution in [0.1, 0.15) is 60.7 Å². The molecule has 0 amide bonds. The zero-order chi connectivity index (χ0) is 18.0. The van der Waals surface area contributed by atoms with Gasteiger partial charge in [-0.15, -0.1) is 5.10 Å². The topological polar surface area (TPSA) is 89.8 Å². The Morgan fingerprint density at radius 3 is 2.40 bits per heavy atom. The Morgan fingerprint density at radius 2 is 1.76 bits per heavy atom. The van der Waals surface area contributed by atoms with Crippen molar-refractivity contribution in [1.82, 2.24) is 24.9 Å². The number of nitrogens with one attached hydrogen (secondary N) is 1. The van der Waals surface area contributed by atoms with E-state index in [-0.39, 0.29) is 12.6 Å². The van der Waals surface area contributed by atoms with Crippen LogP contribution < -0.4 is 4.72 Å². The first-order chi connectivity index (χ1) is 11.9. The van der Waals surface area contributed by atoms with Crippen molar-refractivity contribution in [2.24, 2.45) is 0 Å². The molecule has 0 spiro atoms. The van der Waals surface area contributed by atoms with E-state index in [9.17, 15) is 8.42 Å². The predicted octanol–water partition coefficient (Wildman–Crippen LogP) is 2.58. The lowest BCUT2D eigenvalue weighted by Crippen LogP contribution is -2.28. The molecule has 0 radical (unpaired) electrons. The van der Waals surface area contributed by atoms with Crippen LogP contribution in [0.15, 0.2) is 17.0 Å². The molecule has 1 aromatic heterocycles. The van der Waals surface area contributed by atoms with Gasteiger partial charge in [-0.2, -0.15) is 0 Å². The van der Waals surface area contributed by atoms with Gasteiger partial charge in [0, 0.05) is 0 Å². The molecular formula is C17H25N5O2S. The lowest BCUT2D eigenvalue weighted by molar-refractivity contribution is 0.316. The monoisotopic (exact) mass is 363 g/mol. The van der Waals surface area contributed by atoms with Gasteiger partial charge >= 0.3 is 0 Å². The van der Waals surface area contributed by atoms with Gasteiger partial charge in [0.2, 0.25) is 10.0 Å². The van der Waals surface area contributed by atoms with Gasteiger partial charge in [0.25, 0.3) is 0 Å². The average Bonchev–Trinajstić information content (AvgIpc) is 3.01. The zero-order valence-corrected chi connectivity index (χ0v) is 15.8. The van der Waals surface area contributed by atoms with E-state index in [1.54, 1.807) is 4.68 Å². The van der Waals surface area contributed by atoms with Crippen molar-refractivity contribution >= 4 is 10.0 Å². The Morgan fingerprint density at radius 1 is 1.12 bits per heavy atom. The molecule has 3 rings (SSSR count). The fraction of sp³-hybridized carbons (Fsp3) is 0.588. The van der Waals surface area contributed by atoms with Crippen LogP contribution >= 0.6 is 0 Å². The van der Waals surface area contributed by atoms with Gasteiger partial charge in [0.05, 0.1) is 17.5 Å². The smallest absolute Gasteiger partial charge is 0.225 e. The number of aryl methyl sites for hydroxylation is 3. The third kappa shape index (κ3) is 3.90. The summed E-state index contributed by atoms with van der Waals surface area (Å²) in [6.07, 6.45) is 5.66. The quantitative estimate of drug-likeness (QED) is 0.882. The van der Waals surface area contributed by atoms with E-state index >= 15 is 0 Å². The molecule has 1 aromatic carbocycles. The lowest BCUT2D eigenvalue weighted by atomic mass is 9.96. The number of sulfonamides is 1. The van der Waals surface area contributed by atoms with E-state index in [1.807, 2.05) is 32.9 Å². The number of benzene rings is 1. The predicted molar refractivity (Wildman–Crippen MR) is 94.6 cm³/mol. The molecule has 0 saturated heterocycles. The Bertz CT molecular complexity index is 831. The molecule has 0 aliphatic heterocycles. The fourth-order valence-electron chi connectivity index (χ4n) is 3.76. The molecular weight excluding hydrogens is 338 g/mol. The highest BCUT2D eigenvalue weighted by atomic mass is 32.2. The highest BCUT2D eigenvalue weighted by Crippen LogP contribution is 2.28. The maximum atomic E-state index is 12.8. The summed E-state index contributed by atoms with van der Waals surface area (Å²) in [6, 6.07) is 4.03. The maximum Gasteiger partial charge on any atom is 0.241 e. The van der Waals surface area contributed by atoms with E-state index in [2.05, 4.69) is 20.2 Å². The van der Waals surface area contributed by atoms with Gasteiger partial charge in [-0.25, -0.2) is 17.8 Å². The summed E-state index contributed by atoms with van der Waals surface area (Å²) in [4.78, 5) is 0.342. The molecule has 8 heteroatoms. The standard InChI is InChI=1S/C17H25N5O2S/c1-12-9-13(2)17(14(3)10-12)25(23,24)18-11-16-19-20-21-22(16)15-7-5-4-6-8-15/h9-10,15,18H,4-8,11H2,1-3H3. The number of hydrogen-bond donors (Lipinski definition) is 1. The Hall–Kier alpha value is -1.80. The number of tetrazole rings is 1. The molecule has 2 aromatic rings. The largest absolute Gasteiger partial charge is 0.241 e. The maximum absolute atomic E-state index is 12.8. The third-order valence-electron chi connectivity index (χ3n) is 4.78. The van der Waals surface area contributed by atoms with Crippen LogP contribution in [0, 0.1) is 20.8 Å². The first kappa shape index (κ1) is 18.0. The zero-order valence-electron chi connectivity index (χ0n) is 15.0. The Labute approximate surface area is 148 Å². The molecule has 1 aliphatic rings. The molecule has 1 aliphatic carbocycles. The van der Waals surface area contributed by atoms with E-state index in [0.717, 1.165) is 42.4 Å².